The summed E-state index contributed by atoms with van der Waals surface area (Å²) < 4.78 is 5.15. The van der Waals surface area contributed by atoms with Crippen LogP contribution in [-0.2, 0) is 0 Å². The maximum atomic E-state index is 12.4. The lowest BCUT2D eigenvalue weighted by Gasteiger charge is -2.35. The molecule has 0 unspecified atom stereocenters. The number of hydrogen-bond donors (Lipinski definition) is 2. The average Bonchev–Trinajstić information content (AvgIpc) is 2.68. The fourth-order valence-corrected chi connectivity index (χ4v) is 3.09. The van der Waals surface area contributed by atoms with Crippen molar-refractivity contribution in [1.29, 1.82) is 0 Å². The zero-order valence-corrected chi connectivity index (χ0v) is 15.4. The molecule has 27 heavy (non-hydrogen) atoms. The number of halogens is 1. The Morgan fingerprint density at radius 1 is 1.22 bits per heavy atom. The third-order valence-corrected chi connectivity index (χ3v) is 4.53. The molecule has 3 rings (SSSR count). The van der Waals surface area contributed by atoms with Crippen LogP contribution >= 0.6 is 11.6 Å². The number of hydrogen-bond acceptors (Lipinski definition) is 5. The second kappa shape index (κ2) is 8.13. The molecule has 0 spiro atoms. The Bertz CT molecular complexity index is 853. The van der Waals surface area contributed by atoms with E-state index in [1.165, 1.54) is 12.3 Å². The molecule has 1 fully saturated rings. The number of rotatable bonds is 4. The molecule has 0 bridgehead atoms. The van der Waals surface area contributed by atoms with Gasteiger partial charge in [0.15, 0.2) is 0 Å². The number of anilines is 2. The van der Waals surface area contributed by atoms with Crippen molar-refractivity contribution in [2.45, 2.75) is 0 Å². The average molecular weight is 391 g/mol. The van der Waals surface area contributed by atoms with Crippen LogP contribution in [0.3, 0.4) is 0 Å². The molecule has 2 amide bonds. The van der Waals surface area contributed by atoms with E-state index < -0.39 is 5.97 Å². The van der Waals surface area contributed by atoms with Crippen LogP contribution in [0, 0.1) is 0 Å². The third-order valence-electron chi connectivity index (χ3n) is 4.26. The number of carboxylic acids is 1. The lowest BCUT2D eigenvalue weighted by atomic mass is 10.2. The molecule has 0 aliphatic carbocycles. The number of ether oxygens (including phenoxy) is 1. The zero-order valence-electron chi connectivity index (χ0n) is 14.7. The van der Waals surface area contributed by atoms with Gasteiger partial charge in [0.2, 0.25) is 0 Å². The Kier molecular flexibility index (Phi) is 5.66. The molecule has 0 radical (unpaired) electrons. The topological polar surface area (TPSA) is 95.0 Å². The number of aromatic carboxylic acids is 1. The Hall–Kier alpha value is -3.00. The summed E-state index contributed by atoms with van der Waals surface area (Å²) in [7, 11) is 1.57. The number of pyridine rings is 1. The van der Waals surface area contributed by atoms with Gasteiger partial charge in [-0.2, -0.15) is 0 Å². The van der Waals surface area contributed by atoms with Gasteiger partial charge in [0, 0.05) is 44.1 Å². The summed E-state index contributed by atoms with van der Waals surface area (Å²) in [5, 5.41) is 12.1. The van der Waals surface area contributed by atoms with Gasteiger partial charge in [-0.15, -0.1) is 0 Å². The van der Waals surface area contributed by atoms with Crippen molar-refractivity contribution in [2.75, 3.05) is 43.5 Å². The summed E-state index contributed by atoms with van der Waals surface area (Å²) in [6.07, 6.45) is 1.28. The molecule has 2 heterocycles. The second-order valence-corrected chi connectivity index (χ2v) is 6.38. The van der Waals surface area contributed by atoms with Gasteiger partial charge >= 0.3 is 12.0 Å². The maximum Gasteiger partial charge on any atom is 0.337 e. The van der Waals surface area contributed by atoms with E-state index in [0.717, 1.165) is 0 Å². The number of carbonyl (C=O) groups is 2. The normalized spacial score (nSPS) is 14.0. The van der Waals surface area contributed by atoms with Gasteiger partial charge < -0.3 is 25.0 Å². The Morgan fingerprint density at radius 3 is 2.59 bits per heavy atom. The van der Waals surface area contributed by atoms with Crippen molar-refractivity contribution in [3.8, 4) is 5.75 Å². The predicted octanol–water partition coefficient (Wildman–Crippen LogP) is 2.80. The first-order valence-electron chi connectivity index (χ1n) is 8.31. The van der Waals surface area contributed by atoms with Crippen molar-refractivity contribution in [1.82, 2.24) is 9.88 Å². The molecule has 1 aliphatic heterocycles. The Balaban J connectivity index is 1.60. The number of piperazine rings is 1. The van der Waals surface area contributed by atoms with Crippen molar-refractivity contribution in [2.24, 2.45) is 0 Å². The smallest absolute Gasteiger partial charge is 0.337 e. The minimum absolute atomic E-state index is 0.0417. The lowest BCUT2D eigenvalue weighted by Crippen LogP contribution is -2.50. The number of urea groups is 1. The number of benzene rings is 1. The zero-order chi connectivity index (χ0) is 19.4. The molecule has 142 valence electrons. The Labute approximate surface area is 161 Å². The van der Waals surface area contributed by atoms with E-state index >= 15 is 0 Å². The molecular formula is C18H19ClN4O4. The number of methoxy groups -OCH3 is 1. The summed E-state index contributed by atoms with van der Waals surface area (Å²) in [5.74, 6) is 0.118. The second-order valence-electron chi connectivity index (χ2n) is 5.97. The van der Waals surface area contributed by atoms with Crippen LogP contribution in [0.5, 0.6) is 5.75 Å². The van der Waals surface area contributed by atoms with E-state index in [1.54, 1.807) is 36.3 Å². The summed E-state index contributed by atoms with van der Waals surface area (Å²) in [6.45, 7) is 2.08. The minimum atomic E-state index is -1.07. The first-order valence-corrected chi connectivity index (χ1v) is 8.69. The van der Waals surface area contributed by atoms with E-state index in [-0.39, 0.29) is 16.6 Å². The third kappa shape index (κ3) is 4.40. The molecule has 1 aliphatic rings. The van der Waals surface area contributed by atoms with Gasteiger partial charge in [-0.3, -0.25) is 0 Å². The maximum absolute atomic E-state index is 12.4. The van der Waals surface area contributed by atoms with Gasteiger partial charge in [-0.1, -0.05) is 17.7 Å². The highest BCUT2D eigenvalue weighted by Gasteiger charge is 2.23. The van der Waals surface area contributed by atoms with Gasteiger partial charge in [-0.05, 0) is 18.2 Å². The molecule has 0 atom stereocenters. The molecule has 8 nitrogen and oxygen atoms in total. The number of nitrogens with zero attached hydrogens (tertiary/aromatic N) is 3. The SMILES string of the molecule is COc1cccc(NC(=O)N2CCN(c3ncc(C(=O)O)cc3Cl)CC2)c1. The highest BCUT2D eigenvalue weighted by Crippen LogP contribution is 2.25. The summed E-state index contributed by atoms with van der Waals surface area (Å²) in [6, 6.07) is 8.35. The van der Waals surface area contributed by atoms with Crippen molar-refractivity contribution in [3.63, 3.8) is 0 Å². The van der Waals surface area contributed by atoms with Gasteiger partial charge in [0.05, 0.1) is 17.7 Å². The van der Waals surface area contributed by atoms with E-state index in [9.17, 15) is 9.59 Å². The van der Waals surface area contributed by atoms with Gasteiger partial charge in [-0.25, -0.2) is 14.6 Å². The van der Waals surface area contributed by atoms with Crippen LogP contribution in [0.1, 0.15) is 10.4 Å². The van der Waals surface area contributed by atoms with Crippen LogP contribution in [0.2, 0.25) is 5.02 Å². The van der Waals surface area contributed by atoms with Crippen molar-refractivity contribution < 1.29 is 19.4 Å². The van der Waals surface area contributed by atoms with Crippen molar-refractivity contribution in [3.05, 3.63) is 47.1 Å². The van der Waals surface area contributed by atoms with Gasteiger partial charge in [0.1, 0.15) is 11.6 Å². The predicted molar refractivity (Wildman–Crippen MR) is 102 cm³/mol. The summed E-state index contributed by atoms with van der Waals surface area (Å²) in [5.41, 5.74) is 0.704. The largest absolute Gasteiger partial charge is 0.497 e. The molecule has 2 N–H and O–H groups in total. The first-order chi connectivity index (χ1) is 13.0. The van der Waals surface area contributed by atoms with E-state index in [2.05, 4.69) is 10.3 Å². The van der Waals surface area contributed by atoms with E-state index in [4.69, 9.17) is 21.4 Å². The van der Waals surface area contributed by atoms with Crippen LogP contribution in [0.4, 0.5) is 16.3 Å². The van der Waals surface area contributed by atoms with Crippen molar-refractivity contribution >= 4 is 35.1 Å². The number of aromatic nitrogens is 1. The quantitative estimate of drug-likeness (QED) is 0.833. The minimum Gasteiger partial charge on any atom is -0.497 e. The summed E-state index contributed by atoms with van der Waals surface area (Å²) in [4.78, 5) is 31.2. The standard InChI is InChI=1S/C18H19ClN4O4/c1-27-14-4-2-3-13(10-14)21-18(26)23-7-5-22(6-8-23)16-15(19)9-12(11-20-16)17(24)25/h2-4,9-11H,5-8H2,1H3,(H,21,26)(H,24,25). The number of amides is 2. The molecule has 0 saturated carbocycles. The fraction of sp³-hybridized carbons (Fsp3) is 0.278. The first kappa shape index (κ1) is 18.8. The van der Waals surface area contributed by atoms with Gasteiger partial charge in [0.25, 0.3) is 0 Å². The fourth-order valence-electron chi connectivity index (χ4n) is 2.81. The number of nitrogens with one attached hydrogen (secondary N) is 1. The number of carbonyl (C=O) groups excluding carboxylic acids is 1. The summed E-state index contributed by atoms with van der Waals surface area (Å²) >= 11 is 6.17. The van der Waals surface area contributed by atoms with Crippen LogP contribution < -0.4 is 15.0 Å². The molecule has 1 aromatic heterocycles. The number of carboxylic acid groups (broad SMARTS) is 1. The molecule has 1 saturated heterocycles. The Morgan fingerprint density at radius 2 is 1.96 bits per heavy atom. The highest BCUT2D eigenvalue weighted by molar-refractivity contribution is 6.33. The van der Waals surface area contributed by atoms with E-state index in [1.807, 2.05) is 4.90 Å². The van der Waals surface area contributed by atoms with Crippen LogP contribution in [0.15, 0.2) is 36.5 Å². The molecule has 2 aromatic rings. The highest BCUT2D eigenvalue weighted by atomic mass is 35.5. The molecule has 9 heteroatoms. The van der Waals surface area contributed by atoms with Crippen LogP contribution in [0.25, 0.3) is 0 Å². The van der Waals surface area contributed by atoms with Crippen LogP contribution in [-0.4, -0.2) is 60.3 Å². The monoisotopic (exact) mass is 390 g/mol. The lowest BCUT2D eigenvalue weighted by molar-refractivity contribution is 0.0696. The molecular weight excluding hydrogens is 372 g/mol. The molecule has 1 aromatic carbocycles. The van der Waals surface area contributed by atoms with E-state index in [0.29, 0.717) is 43.4 Å².